The smallest absolute Gasteiger partial charge is 0.434 e. The van der Waals surface area contributed by atoms with Crippen LogP contribution >= 0.6 is 0 Å². The third kappa shape index (κ3) is 3.39. The fourth-order valence-electron chi connectivity index (χ4n) is 6.05. The molecule has 0 radical (unpaired) electrons. The van der Waals surface area contributed by atoms with E-state index in [1.807, 2.05) is 13.8 Å². The van der Waals surface area contributed by atoms with Crippen LogP contribution in [0.2, 0.25) is 0 Å². The highest BCUT2D eigenvalue weighted by Crippen LogP contribution is 2.56. The van der Waals surface area contributed by atoms with E-state index in [-0.39, 0.29) is 6.10 Å². The van der Waals surface area contributed by atoms with E-state index in [4.69, 9.17) is 9.47 Å². The van der Waals surface area contributed by atoms with Gasteiger partial charge in [-0.1, -0.05) is 37.6 Å². The number of fused-ring (bicyclic) bond motifs is 5. The van der Waals surface area contributed by atoms with Crippen molar-refractivity contribution in [2.75, 3.05) is 6.61 Å². The van der Waals surface area contributed by atoms with E-state index in [1.54, 1.807) is 5.57 Å². The lowest BCUT2D eigenvalue weighted by Gasteiger charge is -2.48. The Hall–Kier alpha value is -1.25. The van der Waals surface area contributed by atoms with E-state index in [9.17, 15) is 4.79 Å². The molecule has 0 spiro atoms. The Kier molecular flexibility index (Phi) is 4.92. The van der Waals surface area contributed by atoms with Crippen molar-refractivity contribution in [2.45, 2.75) is 64.9 Å². The van der Waals surface area contributed by atoms with Crippen LogP contribution in [-0.2, 0) is 9.47 Å². The van der Waals surface area contributed by atoms with Crippen LogP contribution < -0.4 is 0 Å². The molecule has 4 aliphatic rings. The summed E-state index contributed by atoms with van der Waals surface area (Å²) in [6.45, 7) is 4.55. The summed E-state index contributed by atoms with van der Waals surface area (Å²) in [5.74, 6) is 4.01. The molecule has 0 amide bonds. The van der Waals surface area contributed by atoms with Crippen molar-refractivity contribution >= 4 is 6.16 Å². The Morgan fingerprint density at radius 3 is 2.68 bits per heavy atom. The molecule has 0 N–H and O–H groups in total. The Morgan fingerprint density at radius 1 is 1.08 bits per heavy atom. The van der Waals surface area contributed by atoms with Gasteiger partial charge in [0.15, 0.2) is 0 Å². The second-order valence-electron chi connectivity index (χ2n) is 8.93. The molecule has 0 aromatic carbocycles. The van der Waals surface area contributed by atoms with Crippen molar-refractivity contribution in [3.63, 3.8) is 0 Å². The van der Waals surface area contributed by atoms with Gasteiger partial charge >= 0.3 is 6.16 Å². The fourth-order valence-corrected chi connectivity index (χ4v) is 6.05. The maximum atomic E-state index is 12.0. The third-order valence-corrected chi connectivity index (χ3v) is 7.04. The predicted molar refractivity (Wildman–Crippen MR) is 98.1 cm³/mol. The third-order valence-electron chi connectivity index (χ3n) is 7.04. The number of hydrogen-bond donors (Lipinski definition) is 0. The summed E-state index contributed by atoms with van der Waals surface area (Å²) in [4.78, 5) is 12.0. The maximum Gasteiger partial charge on any atom is 0.508 e. The minimum Gasteiger partial charge on any atom is -0.434 e. The van der Waals surface area contributed by atoms with Crippen LogP contribution in [0.5, 0.6) is 0 Å². The topological polar surface area (TPSA) is 35.5 Å². The first-order chi connectivity index (χ1) is 12.1. The summed E-state index contributed by atoms with van der Waals surface area (Å²) in [5.41, 5.74) is 1.70. The average Bonchev–Trinajstić information content (AvgIpc) is 3.03. The number of rotatable bonds is 3. The molecule has 4 rings (SSSR count). The molecule has 0 saturated heterocycles. The molecule has 138 valence electrons. The predicted octanol–water partition coefficient (Wildman–Crippen LogP) is 5.51. The maximum absolute atomic E-state index is 12.0. The SMILES string of the molecule is CC(C)COC(=O)OC1CCC2C1CCC1C3C=CCC=C3CCC12. The van der Waals surface area contributed by atoms with Gasteiger partial charge in [0.05, 0.1) is 6.61 Å². The Bertz CT molecular complexity index is 562. The Balaban J connectivity index is 1.39. The van der Waals surface area contributed by atoms with Crippen LogP contribution in [0, 0.1) is 35.5 Å². The molecule has 3 heteroatoms. The molecular formula is C22H32O3. The van der Waals surface area contributed by atoms with Gasteiger partial charge in [0.1, 0.15) is 6.10 Å². The van der Waals surface area contributed by atoms with E-state index < -0.39 is 6.16 Å². The van der Waals surface area contributed by atoms with E-state index >= 15 is 0 Å². The minimum absolute atomic E-state index is 0.0875. The number of allylic oxidation sites excluding steroid dienone is 4. The van der Waals surface area contributed by atoms with Crippen LogP contribution in [-0.4, -0.2) is 18.9 Å². The monoisotopic (exact) mass is 344 g/mol. The highest BCUT2D eigenvalue weighted by molar-refractivity contribution is 5.60. The van der Waals surface area contributed by atoms with Gasteiger partial charge in [0, 0.05) is 5.92 Å². The summed E-state index contributed by atoms with van der Waals surface area (Å²) >= 11 is 0. The largest absolute Gasteiger partial charge is 0.508 e. The minimum atomic E-state index is -0.453. The van der Waals surface area contributed by atoms with E-state index in [0.717, 1.165) is 30.6 Å². The number of carbonyl (C=O) groups excluding carboxylic acids is 1. The molecular weight excluding hydrogens is 312 g/mol. The lowest BCUT2D eigenvalue weighted by Crippen LogP contribution is -2.42. The highest BCUT2D eigenvalue weighted by Gasteiger charge is 2.50. The van der Waals surface area contributed by atoms with Crippen molar-refractivity contribution in [2.24, 2.45) is 35.5 Å². The first-order valence-electron chi connectivity index (χ1n) is 10.3. The molecule has 3 nitrogen and oxygen atoms in total. The van der Waals surface area contributed by atoms with Gasteiger partial charge in [-0.3, -0.25) is 0 Å². The van der Waals surface area contributed by atoms with Gasteiger partial charge in [0.25, 0.3) is 0 Å². The molecule has 6 unspecified atom stereocenters. The molecule has 3 fully saturated rings. The quantitative estimate of drug-likeness (QED) is 0.500. The van der Waals surface area contributed by atoms with Gasteiger partial charge in [0.2, 0.25) is 0 Å². The molecule has 4 aliphatic carbocycles. The van der Waals surface area contributed by atoms with E-state index in [0.29, 0.717) is 24.4 Å². The molecule has 25 heavy (non-hydrogen) atoms. The molecule has 0 bridgehead atoms. The molecule has 0 aromatic rings. The van der Waals surface area contributed by atoms with Crippen LogP contribution in [0.1, 0.15) is 58.8 Å². The van der Waals surface area contributed by atoms with Crippen LogP contribution in [0.3, 0.4) is 0 Å². The molecule has 6 atom stereocenters. The van der Waals surface area contributed by atoms with Crippen LogP contribution in [0.15, 0.2) is 23.8 Å². The van der Waals surface area contributed by atoms with E-state index in [2.05, 4.69) is 18.2 Å². The molecule has 3 saturated carbocycles. The molecule has 0 heterocycles. The van der Waals surface area contributed by atoms with Crippen molar-refractivity contribution in [1.29, 1.82) is 0 Å². The lowest BCUT2D eigenvalue weighted by atomic mass is 9.57. The molecule has 0 aliphatic heterocycles. The van der Waals surface area contributed by atoms with Gasteiger partial charge in [-0.15, -0.1) is 0 Å². The standard InChI is InChI=1S/C22H32O3/c1-14(2)13-24-22(23)25-21-12-11-19-18-8-7-15-5-3-4-6-16(15)17(18)9-10-20(19)21/h4-6,14,16-21H,3,7-13H2,1-2H3. The van der Waals surface area contributed by atoms with Gasteiger partial charge in [-0.25, -0.2) is 4.79 Å². The van der Waals surface area contributed by atoms with Gasteiger partial charge in [-0.2, -0.15) is 0 Å². The normalized spacial score (nSPS) is 39.2. The summed E-state index contributed by atoms with van der Waals surface area (Å²) in [6, 6.07) is 0. The zero-order chi connectivity index (χ0) is 17.4. The second kappa shape index (κ2) is 7.17. The second-order valence-corrected chi connectivity index (χ2v) is 8.93. The number of ether oxygens (including phenoxy) is 2. The summed E-state index contributed by atoms with van der Waals surface area (Å²) in [7, 11) is 0. The summed E-state index contributed by atoms with van der Waals surface area (Å²) < 4.78 is 11.0. The van der Waals surface area contributed by atoms with Crippen molar-refractivity contribution < 1.29 is 14.3 Å². The summed E-state index contributed by atoms with van der Waals surface area (Å²) in [6.07, 6.45) is 15.4. The van der Waals surface area contributed by atoms with Crippen LogP contribution in [0.25, 0.3) is 0 Å². The Labute approximate surface area is 151 Å². The lowest BCUT2D eigenvalue weighted by molar-refractivity contribution is -0.0215. The van der Waals surface area contributed by atoms with Gasteiger partial charge < -0.3 is 9.47 Å². The molecule has 0 aromatic heterocycles. The zero-order valence-electron chi connectivity index (χ0n) is 15.7. The average molecular weight is 344 g/mol. The summed E-state index contributed by atoms with van der Waals surface area (Å²) in [5, 5.41) is 0. The van der Waals surface area contributed by atoms with E-state index in [1.165, 1.54) is 32.1 Å². The first kappa shape index (κ1) is 17.2. The highest BCUT2D eigenvalue weighted by atomic mass is 16.7. The van der Waals surface area contributed by atoms with Crippen LogP contribution in [0.4, 0.5) is 4.79 Å². The number of carbonyl (C=O) groups is 1. The fraction of sp³-hybridized carbons (Fsp3) is 0.773. The van der Waals surface area contributed by atoms with Gasteiger partial charge in [-0.05, 0) is 74.5 Å². The van der Waals surface area contributed by atoms with Crippen molar-refractivity contribution in [1.82, 2.24) is 0 Å². The van der Waals surface area contributed by atoms with Crippen molar-refractivity contribution in [3.05, 3.63) is 23.8 Å². The zero-order valence-corrected chi connectivity index (χ0v) is 15.7. The first-order valence-corrected chi connectivity index (χ1v) is 10.3. The Morgan fingerprint density at radius 2 is 1.84 bits per heavy atom. The van der Waals surface area contributed by atoms with Crippen molar-refractivity contribution in [3.8, 4) is 0 Å². The number of hydrogen-bond acceptors (Lipinski definition) is 3.